The molecule has 0 aromatic heterocycles. The monoisotopic (exact) mass is 405 g/mol. The van der Waals surface area contributed by atoms with Crippen LogP contribution in [0.5, 0.6) is 0 Å². The molecule has 1 rings (SSSR count). The molecule has 0 saturated heterocycles. The Morgan fingerprint density at radius 2 is 1.85 bits per heavy atom. The lowest BCUT2D eigenvalue weighted by Gasteiger charge is -2.10. The van der Waals surface area contributed by atoms with Crippen LogP contribution < -0.4 is 15.4 Å². The van der Waals surface area contributed by atoms with Gasteiger partial charge >= 0.3 is 5.97 Å². The zero-order valence-corrected chi connectivity index (χ0v) is 16.0. The van der Waals surface area contributed by atoms with Crippen molar-refractivity contribution < 1.29 is 27.5 Å². The molecular weight excluding hydrogens is 386 g/mol. The molecule has 0 aliphatic rings. The van der Waals surface area contributed by atoms with Crippen molar-refractivity contribution in [1.82, 2.24) is 15.4 Å². The summed E-state index contributed by atoms with van der Waals surface area (Å²) >= 11 is 5.88. The van der Waals surface area contributed by atoms with E-state index in [9.17, 15) is 22.8 Å². The van der Waals surface area contributed by atoms with E-state index < -0.39 is 28.5 Å². The van der Waals surface area contributed by atoms with E-state index in [0.29, 0.717) is 0 Å². The van der Waals surface area contributed by atoms with E-state index in [1.165, 1.54) is 19.2 Å². The molecule has 0 aliphatic heterocycles. The summed E-state index contributed by atoms with van der Waals surface area (Å²) in [7, 11) is -2.55. The highest BCUT2D eigenvalue weighted by Gasteiger charge is 2.19. The van der Waals surface area contributed by atoms with Gasteiger partial charge in [-0.3, -0.25) is 9.59 Å². The van der Waals surface area contributed by atoms with E-state index >= 15 is 0 Å². The molecule has 144 valence electrons. The van der Waals surface area contributed by atoms with Gasteiger partial charge < -0.3 is 15.4 Å². The van der Waals surface area contributed by atoms with Crippen molar-refractivity contribution in [2.75, 3.05) is 20.2 Å². The van der Waals surface area contributed by atoms with Crippen LogP contribution in [-0.4, -0.2) is 52.4 Å². The largest absolute Gasteiger partial charge is 0.452 e. The summed E-state index contributed by atoms with van der Waals surface area (Å²) in [5, 5.41) is 4.84. The van der Waals surface area contributed by atoms with Gasteiger partial charge in [0.2, 0.25) is 15.9 Å². The molecule has 0 radical (unpaired) electrons. The number of amides is 2. The first kappa shape index (κ1) is 21.9. The molecule has 0 aliphatic carbocycles. The topological polar surface area (TPSA) is 131 Å². The minimum Gasteiger partial charge on any atom is -0.452 e. The molecule has 0 saturated carbocycles. The molecule has 1 aromatic rings. The van der Waals surface area contributed by atoms with Crippen LogP contribution in [0.1, 0.15) is 24.2 Å². The fourth-order valence-corrected chi connectivity index (χ4v) is 2.71. The molecule has 2 amide bonds. The van der Waals surface area contributed by atoms with Crippen molar-refractivity contribution in [2.24, 2.45) is 0 Å². The summed E-state index contributed by atoms with van der Waals surface area (Å²) in [4.78, 5) is 34.9. The number of carbonyl (C=O) groups excluding carboxylic acids is 3. The summed E-state index contributed by atoms with van der Waals surface area (Å²) in [6, 6.07) is 3.44. The number of esters is 1. The van der Waals surface area contributed by atoms with E-state index in [0.717, 1.165) is 6.07 Å². The van der Waals surface area contributed by atoms with Crippen molar-refractivity contribution in [3.05, 3.63) is 28.8 Å². The first-order chi connectivity index (χ1) is 12.1. The third-order valence-electron chi connectivity index (χ3n) is 2.97. The highest BCUT2D eigenvalue weighted by molar-refractivity contribution is 7.89. The van der Waals surface area contributed by atoms with Gasteiger partial charge in [0.1, 0.15) is 0 Å². The van der Waals surface area contributed by atoms with E-state index in [-0.39, 0.29) is 34.0 Å². The molecule has 0 spiro atoms. The van der Waals surface area contributed by atoms with Crippen molar-refractivity contribution in [3.8, 4) is 0 Å². The first-order valence-electron chi connectivity index (χ1n) is 7.53. The van der Waals surface area contributed by atoms with Crippen LogP contribution in [0.25, 0.3) is 0 Å². The van der Waals surface area contributed by atoms with Gasteiger partial charge in [0.25, 0.3) is 5.91 Å². The number of hydrogen-bond acceptors (Lipinski definition) is 6. The van der Waals surface area contributed by atoms with Crippen molar-refractivity contribution in [1.29, 1.82) is 0 Å². The minimum absolute atomic E-state index is 0.0261. The number of halogens is 1. The van der Waals surface area contributed by atoms with Crippen LogP contribution >= 0.6 is 11.6 Å². The molecule has 9 nitrogen and oxygen atoms in total. The zero-order valence-electron chi connectivity index (χ0n) is 14.5. The molecule has 0 bridgehead atoms. The van der Waals surface area contributed by atoms with Crippen LogP contribution in [0.3, 0.4) is 0 Å². The second-order valence-corrected chi connectivity index (χ2v) is 7.72. The number of carbonyl (C=O) groups is 3. The first-order valence-corrected chi connectivity index (χ1v) is 9.39. The predicted octanol–water partition coefficient (Wildman–Crippen LogP) is 0.0457. The van der Waals surface area contributed by atoms with Gasteiger partial charge in [0.15, 0.2) is 6.61 Å². The number of nitrogens with one attached hydrogen (secondary N) is 3. The number of hydrogen-bond donors (Lipinski definition) is 3. The maximum absolute atomic E-state index is 12.0. The number of sulfonamides is 1. The fraction of sp³-hybridized carbons (Fsp3) is 0.400. The zero-order chi connectivity index (χ0) is 19.9. The van der Waals surface area contributed by atoms with Gasteiger partial charge in [-0.05, 0) is 39.1 Å². The van der Waals surface area contributed by atoms with Gasteiger partial charge in [-0.1, -0.05) is 11.6 Å². The lowest BCUT2D eigenvalue weighted by atomic mass is 10.2. The van der Waals surface area contributed by atoms with Gasteiger partial charge in [-0.2, -0.15) is 0 Å². The summed E-state index contributed by atoms with van der Waals surface area (Å²) in [6.45, 7) is 2.64. The van der Waals surface area contributed by atoms with E-state index in [4.69, 9.17) is 16.3 Å². The molecule has 1 aromatic carbocycles. The Morgan fingerprint density at radius 3 is 2.42 bits per heavy atom. The highest BCUT2D eigenvalue weighted by Crippen LogP contribution is 2.21. The lowest BCUT2D eigenvalue weighted by molar-refractivity contribution is -0.128. The molecule has 26 heavy (non-hydrogen) atoms. The Morgan fingerprint density at radius 1 is 1.19 bits per heavy atom. The van der Waals surface area contributed by atoms with Crippen LogP contribution in [0.15, 0.2) is 23.1 Å². The van der Waals surface area contributed by atoms with Gasteiger partial charge in [-0.25, -0.2) is 17.9 Å². The maximum atomic E-state index is 12.0. The second kappa shape index (κ2) is 9.51. The van der Waals surface area contributed by atoms with Crippen LogP contribution in [0, 0.1) is 0 Å². The smallest absolute Gasteiger partial charge is 0.340 e. The normalized spacial score (nSPS) is 11.1. The van der Waals surface area contributed by atoms with Gasteiger partial charge in [0.05, 0.1) is 22.0 Å². The van der Waals surface area contributed by atoms with Crippen molar-refractivity contribution in [2.45, 2.75) is 24.8 Å². The Balaban J connectivity index is 2.67. The molecule has 0 heterocycles. The standard InChI is InChI=1S/C15H20ClN3O6S/c1-9(2)19-13(20)7-18-14(21)8-25-15(22)11-6-10(4-5-12(11)16)26(23,24)17-3/h4-6,9,17H,7-8H2,1-3H3,(H,18,21)(H,19,20). The van der Waals surface area contributed by atoms with Crippen LogP contribution in [0.2, 0.25) is 5.02 Å². The SMILES string of the molecule is CNS(=O)(=O)c1ccc(Cl)c(C(=O)OCC(=O)NCC(=O)NC(C)C)c1. The number of benzene rings is 1. The number of rotatable bonds is 8. The lowest BCUT2D eigenvalue weighted by Crippen LogP contribution is -2.41. The maximum Gasteiger partial charge on any atom is 0.340 e. The average Bonchev–Trinajstić information content (AvgIpc) is 2.57. The summed E-state index contributed by atoms with van der Waals surface area (Å²) in [5.74, 6) is -2.04. The third kappa shape index (κ3) is 6.62. The van der Waals surface area contributed by atoms with E-state index in [1.54, 1.807) is 13.8 Å². The number of ether oxygens (including phenoxy) is 1. The molecule has 0 fully saturated rings. The van der Waals surface area contributed by atoms with Gasteiger partial charge in [0, 0.05) is 6.04 Å². The summed E-state index contributed by atoms with van der Waals surface area (Å²) < 4.78 is 30.5. The predicted molar refractivity (Wildman–Crippen MR) is 94.3 cm³/mol. The summed E-state index contributed by atoms with van der Waals surface area (Å²) in [5.41, 5.74) is -0.201. The van der Waals surface area contributed by atoms with Crippen LogP contribution in [0.4, 0.5) is 0 Å². The quantitative estimate of drug-likeness (QED) is 0.523. The Bertz CT molecular complexity index is 795. The minimum atomic E-state index is -3.77. The molecule has 0 unspecified atom stereocenters. The highest BCUT2D eigenvalue weighted by atomic mass is 35.5. The van der Waals surface area contributed by atoms with Gasteiger partial charge in [-0.15, -0.1) is 0 Å². The Hall–Kier alpha value is -2.17. The van der Waals surface area contributed by atoms with Crippen LogP contribution in [-0.2, 0) is 24.3 Å². The molecule has 11 heteroatoms. The molecule has 3 N–H and O–H groups in total. The van der Waals surface area contributed by atoms with E-state index in [1.807, 2.05) is 0 Å². The van der Waals surface area contributed by atoms with Crippen molar-refractivity contribution in [3.63, 3.8) is 0 Å². The summed E-state index contributed by atoms with van der Waals surface area (Å²) in [6.07, 6.45) is 0. The average molecular weight is 406 g/mol. The Kier molecular flexibility index (Phi) is 8.00. The second-order valence-electron chi connectivity index (χ2n) is 5.42. The molecule has 0 atom stereocenters. The Labute approximate surface area is 156 Å². The van der Waals surface area contributed by atoms with Crippen molar-refractivity contribution >= 4 is 39.4 Å². The molecular formula is C15H20ClN3O6S. The third-order valence-corrected chi connectivity index (χ3v) is 4.71. The fourth-order valence-electron chi connectivity index (χ4n) is 1.76. The van der Waals surface area contributed by atoms with E-state index in [2.05, 4.69) is 15.4 Å².